The number of nitrogens with zero attached hydrogens (tertiary/aromatic N) is 4. The fourth-order valence-corrected chi connectivity index (χ4v) is 4.44. The maximum Gasteiger partial charge on any atom is 0.269 e. The van der Waals surface area contributed by atoms with Crippen molar-refractivity contribution in [3.8, 4) is 0 Å². The molecular weight excluding hydrogens is 356 g/mol. The van der Waals surface area contributed by atoms with Crippen molar-refractivity contribution in [3.63, 3.8) is 0 Å². The van der Waals surface area contributed by atoms with E-state index in [2.05, 4.69) is 21.0 Å². The van der Waals surface area contributed by atoms with Crippen molar-refractivity contribution in [2.45, 2.75) is 58.2 Å². The Kier molecular flexibility index (Phi) is 5.55. The lowest BCUT2D eigenvalue weighted by molar-refractivity contribution is 0.145. The molecule has 0 spiro atoms. The van der Waals surface area contributed by atoms with Gasteiger partial charge in [-0.15, -0.1) is 0 Å². The molecule has 2 saturated heterocycles. The van der Waals surface area contributed by atoms with Gasteiger partial charge in [-0.2, -0.15) is 5.10 Å². The number of likely N-dealkylation sites (tertiary alicyclic amines) is 1. The topological polar surface area (TPSA) is 74.7 Å². The number of aromatic nitrogens is 2. The van der Waals surface area contributed by atoms with Gasteiger partial charge in [0.25, 0.3) is 5.56 Å². The zero-order valence-corrected chi connectivity index (χ0v) is 16.8. The van der Waals surface area contributed by atoms with Crippen LogP contribution in [0, 0.1) is 13.8 Å². The first-order valence-electron chi connectivity index (χ1n) is 10.3. The van der Waals surface area contributed by atoms with Crippen LogP contribution in [-0.4, -0.2) is 52.1 Å². The highest BCUT2D eigenvalue weighted by molar-refractivity contribution is 5.43. The van der Waals surface area contributed by atoms with Gasteiger partial charge < -0.3 is 14.4 Å². The molecule has 4 rings (SSSR count). The molecule has 2 fully saturated rings. The van der Waals surface area contributed by atoms with Crippen LogP contribution in [0.15, 0.2) is 27.5 Å². The number of rotatable bonds is 4. The summed E-state index contributed by atoms with van der Waals surface area (Å²) in [5, 5.41) is 14.2. The van der Waals surface area contributed by atoms with Gasteiger partial charge in [0.2, 0.25) is 0 Å². The van der Waals surface area contributed by atoms with E-state index < -0.39 is 0 Å². The fourth-order valence-electron chi connectivity index (χ4n) is 4.44. The standard InChI is InChI=1S/C21H30N4O3/c1-15-10-17(16(2)28-15)13-23-7-3-4-18(14-23)25-21(27)11-19(12-22-25)24-8-5-20(26)6-9-24/h10-12,18,20,26H,3-9,13-14H2,1-2H3. The molecule has 7 heteroatoms. The summed E-state index contributed by atoms with van der Waals surface area (Å²) < 4.78 is 7.30. The monoisotopic (exact) mass is 386 g/mol. The largest absolute Gasteiger partial charge is 0.466 e. The van der Waals surface area contributed by atoms with Gasteiger partial charge in [0.15, 0.2) is 0 Å². The van der Waals surface area contributed by atoms with Crippen molar-refractivity contribution in [1.82, 2.24) is 14.7 Å². The van der Waals surface area contributed by atoms with Crippen LogP contribution in [0.3, 0.4) is 0 Å². The summed E-state index contributed by atoms with van der Waals surface area (Å²) >= 11 is 0. The van der Waals surface area contributed by atoms with E-state index in [1.165, 1.54) is 5.56 Å². The molecule has 0 bridgehead atoms. The summed E-state index contributed by atoms with van der Waals surface area (Å²) in [5.74, 6) is 1.92. The van der Waals surface area contributed by atoms with Crippen LogP contribution in [0.2, 0.25) is 0 Å². The smallest absolute Gasteiger partial charge is 0.269 e. The van der Waals surface area contributed by atoms with Crippen molar-refractivity contribution in [3.05, 3.63) is 45.8 Å². The Morgan fingerprint density at radius 3 is 2.64 bits per heavy atom. The summed E-state index contributed by atoms with van der Waals surface area (Å²) in [6.45, 7) is 8.23. The number of anilines is 1. The Bertz CT molecular complexity index is 867. The molecule has 0 aromatic carbocycles. The molecule has 0 amide bonds. The predicted molar refractivity (Wildman–Crippen MR) is 108 cm³/mol. The molecule has 1 atom stereocenters. The van der Waals surface area contributed by atoms with Crippen LogP contribution in [0.4, 0.5) is 5.69 Å². The van der Waals surface area contributed by atoms with E-state index in [0.717, 1.165) is 75.6 Å². The van der Waals surface area contributed by atoms with E-state index in [0.29, 0.717) is 0 Å². The third-order valence-corrected chi connectivity index (χ3v) is 6.01. The quantitative estimate of drug-likeness (QED) is 0.869. The van der Waals surface area contributed by atoms with Crippen LogP contribution in [0.5, 0.6) is 0 Å². The maximum atomic E-state index is 12.8. The second-order valence-corrected chi connectivity index (χ2v) is 8.18. The molecule has 2 aromatic rings. The second-order valence-electron chi connectivity index (χ2n) is 8.18. The minimum atomic E-state index is -0.222. The lowest BCUT2D eigenvalue weighted by Crippen LogP contribution is -2.41. The van der Waals surface area contributed by atoms with Gasteiger partial charge in [0, 0.05) is 37.8 Å². The minimum absolute atomic E-state index is 0.0363. The Labute approximate surface area is 165 Å². The summed E-state index contributed by atoms with van der Waals surface area (Å²) in [6, 6.07) is 3.91. The second kappa shape index (κ2) is 8.09. The molecule has 0 radical (unpaired) electrons. The molecule has 1 unspecified atom stereocenters. The summed E-state index contributed by atoms with van der Waals surface area (Å²) in [6.07, 6.45) is 5.10. The minimum Gasteiger partial charge on any atom is -0.466 e. The molecule has 2 aliphatic heterocycles. The van der Waals surface area contributed by atoms with E-state index in [1.54, 1.807) is 10.7 Å². The number of piperidine rings is 2. The van der Waals surface area contributed by atoms with Gasteiger partial charge in [-0.05, 0) is 52.1 Å². The van der Waals surface area contributed by atoms with E-state index in [9.17, 15) is 9.90 Å². The number of hydrogen-bond donors (Lipinski definition) is 1. The highest BCUT2D eigenvalue weighted by atomic mass is 16.3. The van der Waals surface area contributed by atoms with E-state index in [4.69, 9.17) is 4.42 Å². The zero-order valence-electron chi connectivity index (χ0n) is 16.8. The molecule has 2 aliphatic rings. The third-order valence-electron chi connectivity index (χ3n) is 6.01. The molecule has 4 heterocycles. The van der Waals surface area contributed by atoms with Gasteiger partial charge in [0.05, 0.1) is 24.0 Å². The number of aliphatic hydroxyl groups excluding tert-OH is 1. The maximum absolute atomic E-state index is 12.8. The number of furan rings is 1. The van der Waals surface area contributed by atoms with Gasteiger partial charge >= 0.3 is 0 Å². The molecule has 0 saturated carbocycles. The Hall–Kier alpha value is -2.12. The molecule has 2 aromatic heterocycles. The fraction of sp³-hybridized carbons (Fsp3) is 0.619. The van der Waals surface area contributed by atoms with E-state index >= 15 is 0 Å². The Morgan fingerprint density at radius 1 is 1.18 bits per heavy atom. The number of aryl methyl sites for hydroxylation is 2. The first-order chi connectivity index (χ1) is 13.5. The Morgan fingerprint density at radius 2 is 1.96 bits per heavy atom. The molecule has 28 heavy (non-hydrogen) atoms. The van der Waals surface area contributed by atoms with Crippen LogP contribution >= 0.6 is 0 Å². The predicted octanol–water partition coefficient (Wildman–Crippen LogP) is 2.25. The van der Waals surface area contributed by atoms with Gasteiger partial charge in [-0.3, -0.25) is 9.69 Å². The number of hydrogen-bond acceptors (Lipinski definition) is 6. The summed E-state index contributed by atoms with van der Waals surface area (Å²) in [5.41, 5.74) is 2.05. The molecule has 152 valence electrons. The molecule has 1 N–H and O–H groups in total. The lowest BCUT2D eigenvalue weighted by Gasteiger charge is -2.33. The van der Waals surface area contributed by atoms with E-state index in [1.807, 2.05) is 20.0 Å². The van der Waals surface area contributed by atoms with Crippen LogP contribution in [0.25, 0.3) is 0 Å². The van der Waals surface area contributed by atoms with Crippen molar-refractivity contribution in [1.29, 1.82) is 0 Å². The average molecular weight is 386 g/mol. The van der Waals surface area contributed by atoms with Crippen molar-refractivity contribution >= 4 is 5.69 Å². The van der Waals surface area contributed by atoms with Crippen LogP contribution < -0.4 is 10.5 Å². The molecule has 0 aliphatic carbocycles. The van der Waals surface area contributed by atoms with Crippen molar-refractivity contribution < 1.29 is 9.52 Å². The average Bonchev–Trinajstić information content (AvgIpc) is 2.99. The summed E-state index contributed by atoms with van der Waals surface area (Å²) in [4.78, 5) is 17.3. The first-order valence-corrected chi connectivity index (χ1v) is 10.3. The lowest BCUT2D eigenvalue weighted by atomic mass is 10.0. The van der Waals surface area contributed by atoms with Crippen LogP contribution in [-0.2, 0) is 6.54 Å². The van der Waals surface area contributed by atoms with Gasteiger partial charge in [-0.1, -0.05) is 0 Å². The number of aliphatic hydroxyl groups is 1. The van der Waals surface area contributed by atoms with Crippen molar-refractivity contribution in [2.24, 2.45) is 0 Å². The van der Waals surface area contributed by atoms with Gasteiger partial charge in [0.1, 0.15) is 11.5 Å². The zero-order chi connectivity index (χ0) is 19.7. The summed E-state index contributed by atoms with van der Waals surface area (Å²) in [7, 11) is 0. The normalized spacial score (nSPS) is 22.0. The third kappa shape index (κ3) is 4.15. The first kappa shape index (κ1) is 19.2. The van der Waals surface area contributed by atoms with E-state index in [-0.39, 0.29) is 17.7 Å². The molecular formula is C21H30N4O3. The molecule has 7 nitrogen and oxygen atoms in total. The SMILES string of the molecule is Cc1cc(CN2CCCC(n3ncc(N4CCC(O)CC4)cc3=O)C2)c(C)o1. The van der Waals surface area contributed by atoms with Crippen molar-refractivity contribution in [2.75, 3.05) is 31.1 Å². The van der Waals surface area contributed by atoms with Gasteiger partial charge in [-0.25, -0.2) is 4.68 Å². The Balaban J connectivity index is 1.44. The highest BCUT2D eigenvalue weighted by Gasteiger charge is 2.25. The van der Waals surface area contributed by atoms with Crippen LogP contribution in [0.1, 0.15) is 48.8 Å². The highest BCUT2D eigenvalue weighted by Crippen LogP contribution is 2.24.